The normalized spacial score (nSPS) is 10.3. The molecule has 2 amide bonds. The molecule has 0 spiro atoms. The van der Waals surface area contributed by atoms with Crippen LogP contribution in [0.4, 0.5) is 10.5 Å². The lowest BCUT2D eigenvalue weighted by atomic mass is 10.3. The van der Waals surface area contributed by atoms with Crippen LogP contribution in [0.25, 0.3) is 0 Å². The van der Waals surface area contributed by atoms with Gasteiger partial charge in [-0.3, -0.25) is 10.1 Å². The van der Waals surface area contributed by atoms with Crippen LogP contribution in [-0.2, 0) is 14.3 Å². The maximum absolute atomic E-state index is 11.7. The summed E-state index contributed by atoms with van der Waals surface area (Å²) in [5.74, 6) is -1.45. The average molecular weight is 323 g/mol. The number of anilines is 1. The molecule has 0 aliphatic heterocycles. The van der Waals surface area contributed by atoms with E-state index in [9.17, 15) is 14.4 Å². The average Bonchev–Trinajstić information content (AvgIpc) is 2.95. The molecular formula is C13H13N3O5S. The smallest absolute Gasteiger partial charge is 0.414 e. The summed E-state index contributed by atoms with van der Waals surface area (Å²) in [5, 5.41) is 15.1. The number of ether oxygens (including phenoxy) is 2. The van der Waals surface area contributed by atoms with Crippen molar-refractivity contribution in [2.45, 2.75) is 6.92 Å². The number of nitrogens with zero attached hydrogens (tertiary/aromatic N) is 1. The van der Waals surface area contributed by atoms with Crippen LogP contribution in [-0.4, -0.2) is 31.7 Å². The summed E-state index contributed by atoms with van der Waals surface area (Å²) in [4.78, 5) is 34.6. The molecule has 0 fully saturated rings. The largest absolute Gasteiger partial charge is 0.465 e. The van der Waals surface area contributed by atoms with Crippen molar-refractivity contribution in [3.63, 3.8) is 0 Å². The van der Waals surface area contributed by atoms with Gasteiger partial charge in [-0.1, -0.05) is 0 Å². The fourth-order valence-corrected chi connectivity index (χ4v) is 2.07. The Morgan fingerprint density at radius 1 is 1.45 bits per heavy atom. The van der Waals surface area contributed by atoms with E-state index in [-0.39, 0.29) is 12.2 Å². The number of methoxy groups -OCH3 is 1. The Bertz CT molecular complexity index is 644. The van der Waals surface area contributed by atoms with Crippen molar-refractivity contribution in [2.75, 3.05) is 19.0 Å². The summed E-state index contributed by atoms with van der Waals surface area (Å²) >= 11 is 1.14. The fraction of sp³-hybridized carbons (Fsp3) is 0.231. The Morgan fingerprint density at radius 3 is 2.77 bits per heavy atom. The number of amides is 2. The van der Waals surface area contributed by atoms with E-state index in [4.69, 9.17) is 5.26 Å². The predicted octanol–water partition coefficient (Wildman–Crippen LogP) is 1.63. The quantitative estimate of drug-likeness (QED) is 0.480. The molecule has 0 saturated carbocycles. The summed E-state index contributed by atoms with van der Waals surface area (Å²) in [6.45, 7) is 1.68. The number of imide groups is 1. The van der Waals surface area contributed by atoms with Crippen LogP contribution in [0, 0.1) is 11.3 Å². The molecule has 0 aliphatic carbocycles. The molecule has 2 N–H and O–H groups in total. The molecule has 22 heavy (non-hydrogen) atoms. The van der Waals surface area contributed by atoms with Crippen molar-refractivity contribution in [3.05, 3.63) is 28.1 Å². The number of thiophene rings is 1. The number of alkyl carbamates (subject to hydrolysis) is 1. The number of nitrogens with one attached hydrogen (secondary N) is 2. The zero-order valence-corrected chi connectivity index (χ0v) is 12.7. The first-order chi connectivity index (χ1) is 10.5. The van der Waals surface area contributed by atoms with Gasteiger partial charge in [-0.05, 0) is 18.4 Å². The van der Waals surface area contributed by atoms with Crippen LogP contribution >= 0.6 is 11.3 Å². The number of hydrogen-bond acceptors (Lipinski definition) is 8. The van der Waals surface area contributed by atoms with Crippen LogP contribution < -0.4 is 10.6 Å². The van der Waals surface area contributed by atoms with Crippen LogP contribution in [0.1, 0.15) is 16.6 Å². The minimum Gasteiger partial charge on any atom is -0.465 e. The van der Waals surface area contributed by atoms with Gasteiger partial charge in [0.05, 0.1) is 19.4 Å². The molecule has 0 saturated heterocycles. The van der Waals surface area contributed by atoms with Gasteiger partial charge >= 0.3 is 12.1 Å². The van der Waals surface area contributed by atoms with E-state index in [2.05, 4.69) is 14.8 Å². The monoisotopic (exact) mass is 323 g/mol. The molecule has 116 valence electrons. The third-order valence-electron chi connectivity index (χ3n) is 2.26. The molecule has 9 heteroatoms. The maximum Gasteiger partial charge on any atom is 0.414 e. The molecule has 0 radical (unpaired) electrons. The number of hydrogen-bond donors (Lipinski definition) is 2. The van der Waals surface area contributed by atoms with Gasteiger partial charge in [0.25, 0.3) is 5.91 Å². The molecule has 1 heterocycles. The zero-order chi connectivity index (χ0) is 16.5. The molecule has 0 bridgehead atoms. The third-order valence-corrected chi connectivity index (χ3v) is 3.16. The highest BCUT2D eigenvalue weighted by molar-refractivity contribution is 7.12. The number of nitriles is 1. The number of carbonyl (C=O) groups excluding carboxylic acids is 3. The van der Waals surface area contributed by atoms with Crippen LogP contribution in [0.3, 0.4) is 0 Å². The first-order valence-corrected chi connectivity index (χ1v) is 6.92. The van der Waals surface area contributed by atoms with Gasteiger partial charge in [0, 0.05) is 6.20 Å². The Kier molecular flexibility index (Phi) is 6.59. The van der Waals surface area contributed by atoms with E-state index in [1.54, 1.807) is 24.4 Å². The van der Waals surface area contributed by atoms with Crippen molar-refractivity contribution in [3.8, 4) is 6.07 Å². The first kappa shape index (κ1) is 17.2. The third kappa shape index (κ3) is 4.60. The Morgan fingerprint density at radius 2 is 2.18 bits per heavy atom. The second kappa shape index (κ2) is 8.43. The lowest BCUT2D eigenvalue weighted by Gasteiger charge is -2.04. The highest BCUT2D eigenvalue weighted by atomic mass is 32.1. The number of rotatable bonds is 5. The lowest BCUT2D eigenvalue weighted by molar-refractivity contribution is -0.116. The number of esters is 1. The minimum atomic E-state index is -0.945. The van der Waals surface area contributed by atoms with E-state index in [1.165, 1.54) is 7.11 Å². The van der Waals surface area contributed by atoms with Gasteiger partial charge in [-0.15, -0.1) is 11.3 Å². The lowest BCUT2D eigenvalue weighted by Crippen LogP contribution is -2.32. The van der Waals surface area contributed by atoms with Gasteiger partial charge in [0.2, 0.25) is 0 Å². The highest BCUT2D eigenvalue weighted by Crippen LogP contribution is 2.23. The second-order valence-corrected chi connectivity index (χ2v) is 4.56. The SMILES string of the molecule is CCOC(=O)NC(=O)/C(C#N)=C/Nc1ccsc1C(=O)OC. The molecule has 1 rings (SSSR count). The summed E-state index contributed by atoms with van der Waals surface area (Å²) in [5.41, 5.74) is 0.0311. The van der Waals surface area contributed by atoms with E-state index >= 15 is 0 Å². The first-order valence-electron chi connectivity index (χ1n) is 6.04. The van der Waals surface area contributed by atoms with Crippen molar-refractivity contribution in [1.82, 2.24) is 5.32 Å². The number of carbonyl (C=O) groups is 3. The molecule has 1 aromatic rings. The van der Waals surface area contributed by atoms with E-state index < -0.39 is 18.0 Å². The van der Waals surface area contributed by atoms with Gasteiger partial charge in [-0.2, -0.15) is 5.26 Å². The second-order valence-electron chi connectivity index (χ2n) is 3.64. The van der Waals surface area contributed by atoms with E-state index in [1.807, 2.05) is 5.32 Å². The fourth-order valence-electron chi connectivity index (χ4n) is 1.30. The molecule has 0 unspecified atom stereocenters. The molecule has 1 aromatic heterocycles. The van der Waals surface area contributed by atoms with Crippen molar-refractivity contribution in [2.24, 2.45) is 0 Å². The molecule has 8 nitrogen and oxygen atoms in total. The summed E-state index contributed by atoms with van der Waals surface area (Å²) < 4.78 is 9.14. The van der Waals surface area contributed by atoms with Gasteiger partial charge in [0.15, 0.2) is 0 Å². The summed E-state index contributed by atoms with van der Waals surface area (Å²) in [6.07, 6.45) is 0.141. The van der Waals surface area contributed by atoms with Crippen LogP contribution in [0.2, 0.25) is 0 Å². The van der Waals surface area contributed by atoms with Gasteiger partial charge in [-0.25, -0.2) is 9.59 Å². The van der Waals surface area contributed by atoms with Crippen LogP contribution in [0.15, 0.2) is 23.2 Å². The van der Waals surface area contributed by atoms with Crippen molar-refractivity contribution < 1.29 is 23.9 Å². The van der Waals surface area contributed by atoms with Crippen molar-refractivity contribution >= 4 is 35.0 Å². The molecule has 0 aliphatic rings. The Balaban J connectivity index is 2.80. The van der Waals surface area contributed by atoms with Crippen molar-refractivity contribution in [1.29, 1.82) is 5.26 Å². The van der Waals surface area contributed by atoms with E-state index in [0.717, 1.165) is 17.5 Å². The standard InChI is InChI=1S/C13H13N3O5S/c1-3-21-13(19)16-11(17)8(6-14)7-15-9-4-5-22-10(9)12(18)20-2/h4-5,7,15H,3H2,1-2H3,(H,16,17,19)/b8-7+. The molecule has 0 atom stereocenters. The van der Waals surface area contributed by atoms with Gasteiger partial charge < -0.3 is 14.8 Å². The topological polar surface area (TPSA) is 118 Å². The van der Waals surface area contributed by atoms with Crippen LogP contribution in [0.5, 0.6) is 0 Å². The maximum atomic E-state index is 11.7. The minimum absolute atomic E-state index is 0.0976. The Hall–Kier alpha value is -2.86. The summed E-state index contributed by atoms with van der Waals surface area (Å²) in [6, 6.07) is 3.23. The Labute approximate surface area is 130 Å². The molecular weight excluding hydrogens is 310 g/mol. The predicted molar refractivity (Wildman–Crippen MR) is 78.1 cm³/mol. The highest BCUT2D eigenvalue weighted by Gasteiger charge is 2.15. The van der Waals surface area contributed by atoms with Gasteiger partial charge in [0.1, 0.15) is 16.5 Å². The summed E-state index contributed by atoms with van der Waals surface area (Å²) in [7, 11) is 1.25. The molecule has 0 aromatic carbocycles. The van der Waals surface area contributed by atoms with E-state index in [0.29, 0.717) is 10.6 Å². The zero-order valence-electron chi connectivity index (χ0n) is 11.8.